The Bertz CT molecular complexity index is 1240. The molecule has 3 aromatic heterocycles. The van der Waals surface area contributed by atoms with Gasteiger partial charge in [-0.2, -0.15) is 15.1 Å². The zero-order valence-electron chi connectivity index (χ0n) is 16.5. The summed E-state index contributed by atoms with van der Waals surface area (Å²) < 4.78 is 0. The number of nitrogens with one attached hydrogen (secondary N) is 4. The molecule has 0 amide bonds. The molecule has 0 saturated heterocycles. The molecule has 0 aliphatic rings. The first-order valence-corrected chi connectivity index (χ1v) is 9.57. The van der Waals surface area contributed by atoms with Crippen molar-refractivity contribution < 1.29 is 10.2 Å². The lowest BCUT2D eigenvalue weighted by molar-refractivity contribution is 0.475. The highest BCUT2D eigenvalue weighted by Crippen LogP contribution is 2.22. The summed E-state index contributed by atoms with van der Waals surface area (Å²) in [5.74, 6) is 3.26. The number of anilines is 4. The molecule has 0 fully saturated rings. The topological polar surface area (TPSA) is 161 Å². The van der Waals surface area contributed by atoms with Crippen molar-refractivity contribution in [1.29, 1.82) is 0 Å². The molecular formula is C21H17N9O2. The Kier molecular flexibility index (Phi) is 4.80. The fourth-order valence-corrected chi connectivity index (χ4v) is 2.93. The van der Waals surface area contributed by atoms with E-state index in [0.29, 0.717) is 35.2 Å². The number of hydrogen-bond donors (Lipinski definition) is 6. The predicted molar refractivity (Wildman–Crippen MR) is 118 cm³/mol. The van der Waals surface area contributed by atoms with Gasteiger partial charge in [0.2, 0.25) is 11.9 Å². The SMILES string of the molecule is Oc1ccc(-c2n[nH]c(Nc3cccc(Nc4n[nH]c(-c5ccc(O)cc5)n4)n3)n2)cc1. The van der Waals surface area contributed by atoms with Crippen LogP contribution in [0.4, 0.5) is 23.5 Å². The number of phenolic OH excluding ortho intramolecular Hbond substituents is 2. The summed E-state index contributed by atoms with van der Waals surface area (Å²) >= 11 is 0. The van der Waals surface area contributed by atoms with E-state index in [1.165, 1.54) is 0 Å². The van der Waals surface area contributed by atoms with Crippen molar-refractivity contribution in [2.24, 2.45) is 0 Å². The maximum absolute atomic E-state index is 9.41. The van der Waals surface area contributed by atoms with Crippen molar-refractivity contribution in [2.45, 2.75) is 0 Å². The monoisotopic (exact) mass is 427 g/mol. The van der Waals surface area contributed by atoms with Crippen molar-refractivity contribution >= 4 is 23.5 Å². The molecule has 158 valence electrons. The van der Waals surface area contributed by atoms with E-state index in [1.54, 1.807) is 60.7 Å². The van der Waals surface area contributed by atoms with E-state index in [-0.39, 0.29) is 11.5 Å². The molecule has 5 rings (SSSR count). The third-order valence-corrected chi connectivity index (χ3v) is 4.47. The predicted octanol–water partition coefficient (Wildman–Crippen LogP) is 3.55. The molecule has 0 aliphatic carbocycles. The molecule has 32 heavy (non-hydrogen) atoms. The van der Waals surface area contributed by atoms with E-state index >= 15 is 0 Å². The summed E-state index contributed by atoms with van der Waals surface area (Å²) in [7, 11) is 0. The average molecular weight is 427 g/mol. The van der Waals surface area contributed by atoms with Gasteiger partial charge in [0.15, 0.2) is 11.6 Å². The second-order valence-electron chi connectivity index (χ2n) is 6.77. The van der Waals surface area contributed by atoms with Gasteiger partial charge in [-0.15, -0.1) is 5.10 Å². The van der Waals surface area contributed by atoms with Crippen LogP contribution in [0.3, 0.4) is 0 Å². The lowest BCUT2D eigenvalue weighted by Gasteiger charge is -2.05. The van der Waals surface area contributed by atoms with E-state index in [1.807, 2.05) is 6.07 Å². The van der Waals surface area contributed by atoms with Crippen LogP contribution in [0.2, 0.25) is 0 Å². The first kappa shape index (κ1) is 19.1. The minimum absolute atomic E-state index is 0.178. The molecule has 0 unspecified atom stereocenters. The summed E-state index contributed by atoms with van der Waals surface area (Å²) in [5.41, 5.74) is 1.56. The van der Waals surface area contributed by atoms with Crippen molar-refractivity contribution in [3.8, 4) is 34.3 Å². The number of aromatic amines is 2. The fourth-order valence-electron chi connectivity index (χ4n) is 2.93. The van der Waals surface area contributed by atoms with Crippen LogP contribution >= 0.6 is 0 Å². The molecule has 5 aromatic rings. The molecule has 3 heterocycles. The minimum Gasteiger partial charge on any atom is -0.508 e. The summed E-state index contributed by atoms with van der Waals surface area (Å²) in [5, 5.41) is 38.9. The highest BCUT2D eigenvalue weighted by molar-refractivity contribution is 5.61. The van der Waals surface area contributed by atoms with Gasteiger partial charge in [-0.25, -0.2) is 10.1 Å². The van der Waals surface area contributed by atoms with Crippen LogP contribution in [0, 0.1) is 0 Å². The van der Waals surface area contributed by atoms with Gasteiger partial charge in [-0.05, 0) is 60.7 Å². The number of H-pyrrole nitrogens is 2. The first-order chi connectivity index (χ1) is 15.6. The Morgan fingerprint density at radius 2 is 1.28 bits per heavy atom. The normalized spacial score (nSPS) is 10.8. The number of hydrogen-bond acceptors (Lipinski definition) is 9. The molecule has 11 nitrogen and oxygen atoms in total. The number of aromatic nitrogens is 7. The maximum Gasteiger partial charge on any atom is 0.248 e. The molecule has 0 spiro atoms. The van der Waals surface area contributed by atoms with Crippen molar-refractivity contribution in [3.05, 3.63) is 66.7 Å². The molecular weight excluding hydrogens is 410 g/mol. The first-order valence-electron chi connectivity index (χ1n) is 9.57. The molecule has 6 N–H and O–H groups in total. The molecule has 0 bridgehead atoms. The van der Waals surface area contributed by atoms with Crippen molar-refractivity contribution in [2.75, 3.05) is 10.6 Å². The van der Waals surface area contributed by atoms with Crippen LogP contribution in [0.15, 0.2) is 66.7 Å². The van der Waals surface area contributed by atoms with E-state index in [4.69, 9.17) is 0 Å². The fraction of sp³-hybridized carbons (Fsp3) is 0. The van der Waals surface area contributed by atoms with E-state index in [2.05, 4.69) is 46.0 Å². The zero-order chi connectivity index (χ0) is 21.9. The standard InChI is InChI=1S/C21H17N9O2/c31-14-8-4-12(5-9-14)18-25-20(29-27-18)23-16-2-1-3-17(22-16)24-21-26-19(28-30-21)13-6-10-15(32)11-7-13/h1-11,31-32H,(H4,22,23,24,25,26,27,28,29,30). The van der Waals surface area contributed by atoms with Gasteiger partial charge in [-0.3, -0.25) is 5.10 Å². The summed E-state index contributed by atoms with van der Waals surface area (Å²) in [4.78, 5) is 13.3. The van der Waals surface area contributed by atoms with Crippen LogP contribution < -0.4 is 10.6 Å². The van der Waals surface area contributed by atoms with Crippen LogP contribution in [0.1, 0.15) is 0 Å². The third kappa shape index (κ3) is 4.16. The van der Waals surface area contributed by atoms with Gasteiger partial charge in [-0.1, -0.05) is 6.07 Å². The zero-order valence-corrected chi connectivity index (χ0v) is 16.5. The smallest absolute Gasteiger partial charge is 0.248 e. The van der Waals surface area contributed by atoms with Gasteiger partial charge < -0.3 is 20.8 Å². The number of benzene rings is 2. The lowest BCUT2D eigenvalue weighted by Crippen LogP contribution is -2.00. The molecule has 0 aliphatic heterocycles. The van der Waals surface area contributed by atoms with Crippen molar-refractivity contribution in [1.82, 2.24) is 35.3 Å². The highest BCUT2D eigenvalue weighted by Gasteiger charge is 2.09. The average Bonchev–Trinajstić information content (AvgIpc) is 3.45. The second-order valence-corrected chi connectivity index (χ2v) is 6.77. The Labute approximate surface area is 181 Å². The quantitative estimate of drug-likeness (QED) is 0.238. The summed E-state index contributed by atoms with van der Waals surface area (Å²) in [6.07, 6.45) is 0. The lowest BCUT2D eigenvalue weighted by atomic mass is 10.2. The molecule has 2 aromatic carbocycles. The van der Waals surface area contributed by atoms with Crippen molar-refractivity contribution in [3.63, 3.8) is 0 Å². The van der Waals surface area contributed by atoms with Gasteiger partial charge in [0.05, 0.1) is 0 Å². The number of nitrogens with zero attached hydrogens (tertiary/aromatic N) is 5. The van der Waals surface area contributed by atoms with Gasteiger partial charge in [0, 0.05) is 11.1 Å². The minimum atomic E-state index is 0.178. The van der Waals surface area contributed by atoms with Crippen LogP contribution in [-0.2, 0) is 0 Å². The molecule has 11 heteroatoms. The largest absolute Gasteiger partial charge is 0.508 e. The van der Waals surface area contributed by atoms with Crippen LogP contribution in [-0.4, -0.2) is 45.6 Å². The third-order valence-electron chi connectivity index (χ3n) is 4.47. The highest BCUT2D eigenvalue weighted by atomic mass is 16.3. The van der Waals surface area contributed by atoms with Crippen LogP contribution in [0.25, 0.3) is 22.8 Å². The Morgan fingerprint density at radius 3 is 2.00 bits per heavy atom. The number of rotatable bonds is 6. The van der Waals surface area contributed by atoms with Gasteiger partial charge in [0.25, 0.3) is 0 Å². The number of pyridine rings is 1. The molecule has 0 radical (unpaired) electrons. The number of aromatic hydroxyl groups is 2. The van der Waals surface area contributed by atoms with E-state index in [0.717, 1.165) is 11.1 Å². The maximum atomic E-state index is 9.41. The van der Waals surface area contributed by atoms with E-state index in [9.17, 15) is 10.2 Å². The van der Waals surface area contributed by atoms with Gasteiger partial charge >= 0.3 is 0 Å². The Hall–Kier alpha value is -4.93. The Morgan fingerprint density at radius 1 is 0.625 bits per heavy atom. The molecule has 0 atom stereocenters. The second kappa shape index (κ2) is 8.07. The number of phenols is 2. The summed E-state index contributed by atoms with van der Waals surface area (Å²) in [6.45, 7) is 0. The van der Waals surface area contributed by atoms with Gasteiger partial charge in [0.1, 0.15) is 23.1 Å². The van der Waals surface area contributed by atoms with E-state index < -0.39 is 0 Å². The Balaban J connectivity index is 1.28. The summed E-state index contributed by atoms with van der Waals surface area (Å²) in [6, 6.07) is 18.6. The molecule has 0 saturated carbocycles. The van der Waals surface area contributed by atoms with Crippen LogP contribution in [0.5, 0.6) is 11.5 Å².